The molecular weight excluding hydrogens is 248 g/mol. The van der Waals surface area contributed by atoms with Crippen molar-refractivity contribution in [1.82, 2.24) is 9.97 Å². The number of hydrogen-bond acceptors (Lipinski definition) is 4. The van der Waals surface area contributed by atoms with Gasteiger partial charge in [-0.15, -0.1) is 0 Å². The molecule has 0 aliphatic rings. The van der Waals surface area contributed by atoms with E-state index >= 15 is 0 Å². The molecule has 2 aromatic rings. The summed E-state index contributed by atoms with van der Waals surface area (Å²) in [5.41, 5.74) is 8.11. The van der Waals surface area contributed by atoms with Crippen molar-refractivity contribution < 1.29 is 0 Å². The van der Waals surface area contributed by atoms with Crippen LogP contribution in [0.2, 0.25) is 0 Å². The smallest absolute Gasteiger partial charge is 0.135 e. The normalized spacial score (nSPS) is 12.2. The van der Waals surface area contributed by atoms with E-state index in [4.69, 9.17) is 5.73 Å². The lowest BCUT2D eigenvalue weighted by Crippen LogP contribution is -2.12. The number of aromatic nitrogens is 2. The Morgan fingerprint density at radius 3 is 2.55 bits per heavy atom. The second-order valence-electron chi connectivity index (χ2n) is 5.03. The van der Waals surface area contributed by atoms with Crippen molar-refractivity contribution in [2.45, 2.75) is 39.7 Å². The Bertz CT molecular complexity index is 566. The Morgan fingerprint density at radius 2 is 1.90 bits per heavy atom. The van der Waals surface area contributed by atoms with E-state index in [1.54, 1.807) is 0 Å². The molecule has 0 saturated heterocycles. The number of benzene rings is 1. The van der Waals surface area contributed by atoms with Gasteiger partial charge < -0.3 is 11.1 Å². The van der Waals surface area contributed by atoms with Gasteiger partial charge >= 0.3 is 0 Å². The zero-order valence-electron chi connectivity index (χ0n) is 12.4. The first-order valence-electron chi connectivity index (χ1n) is 7.06. The standard InChI is InChI=1S/C16H22N4/c1-4-8-14-19-15(17)11(2)16(20-14)18-12(3)13-9-6-5-7-10-13/h5-7,9-10,12H,4,8H2,1-3H3,(H3,17,18,19,20). The van der Waals surface area contributed by atoms with Gasteiger partial charge in [-0.3, -0.25) is 0 Å². The molecule has 0 saturated carbocycles. The molecule has 0 amide bonds. The van der Waals surface area contributed by atoms with Crippen LogP contribution in [0.4, 0.5) is 11.6 Å². The Hall–Kier alpha value is -2.10. The fourth-order valence-electron chi connectivity index (χ4n) is 2.09. The molecule has 106 valence electrons. The van der Waals surface area contributed by atoms with Crippen LogP contribution in [0.5, 0.6) is 0 Å². The van der Waals surface area contributed by atoms with Gasteiger partial charge in [0.15, 0.2) is 0 Å². The quantitative estimate of drug-likeness (QED) is 0.873. The first kappa shape index (κ1) is 14.3. The van der Waals surface area contributed by atoms with E-state index < -0.39 is 0 Å². The van der Waals surface area contributed by atoms with Gasteiger partial charge in [-0.2, -0.15) is 0 Å². The number of nitrogen functional groups attached to an aromatic ring is 1. The zero-order chi connectivity index (χ0) is 14.5. The van der Waals surface area contributed by atoms with Crippen molar-refractivity contribution in [3.63, 3.8) is 0 Å². The number of nitrogens with one attached hydrogen (secondary N) is 1. The molecule has 0 radical (unpaired) electrons. The van der Waals surface area contributed by atoms with Crippen LogP contribution in [0.3, 0.4) is 0 Å². The van der Waals surface area contributed by atoms with E-state index in [2.05, 4.69) is 41.3 Å². The van der Waals surface area contributed by atoms with Gasteiger partial charge in [-0.05, 0) is 25.8 Å². The second kappa shape index (κ2) is 6.37. The van der Waals surface area contributed by atoms with E-state index in [-0.39, 0.29) is 6.04 Å². The number of nitrogens with two attached hydrogens (primary N) is 1. The number of hydrogen-bond donors (Lipinski definition) is 2. The molecule has 4 nitrogen and oxygen atoms in total. The Kier molecular flexibility index (Phi) is 4.56. The molecule has 1 aromatic carbocycles. The van der Waals surface area contributed by atoms with Crippen molar-refractivity contribution in [2.75, 3.05) is 11.1 Å². The third-order valence-corrected chi connectivity index (χ3v) is 3.36. The number of anilines is 2. The molecule has 0 aliphatic carbocycles. The minimum absolute atomic E-state index is 0.179. The van der Waals surface area contributed by atoms with Crippen LogP contribution in [0.25, 0.3) is 0 Å². The lowest BCUT2D eigenvalue weighted by molar-refractivity contribution is 0.817. The maximum Gasteiger partial charge on any atom is 0.135 e. The molecule has 1 atom stereocenters. The van der Waals surface area contributed by atoms with Crippen molar-refractivity contribution in [3.05, 3.63) is 47.3 Å². The molecule has 3 N–H and O–H groups in total. The van der Waals surface area contributed by atoms with E-state index in [0.29, 0.717) is 5.82 Å². The summed E-state index contributed by atoms with van der Waals surface area (Å²) >= 11 is 0. The highest BCUT2D eigenvalue weighted by atomic mass is 15.1. The Balaban J connectivity index is 2.24. The zero-order valence-corrected chi connectivity index (χ0v) is 12.4. The van der Waals surface area contributed by atoms with Crippen molar-refractivity contribution in [2.24, 2.45) is 0 Å². The molecule has 0 fully saturated rings. The molecule has 0 aliphatic heterocycles. The summed E-state index contributed by atoms with van der Waals surface area (Å²) in [5.74, 6) is 2.20. The third-order valence-electron chi connectivity index (χ3n) is 3.36. The van der Waals surface area contributed by atoms with Crippen LogP contribution in [-0.4, -0.2) is 9.97 Å². The first-order chi connectivity index (χ1) is 9.61. The van der Waals surface area contributed by atoms with Gasteiger partial charge in [-0.1, -0.05) is 37.3 Å². The van der Waals surface area contributed by atoms with Crippen LogP contribution < -0.4 is 11.1 Å². The van der Waals surface area contributed by atoms with Crippen molar-refractivity contribution >= 4 is 11.6 Å². The molecule has 1 heterocycles. The number of nitrogens with zero attached hydrogens (tertiary/aromatic N) is 2. The predicted octanol–water partition coefficient (Wildman–Crippen LogP) is 3.49. The van der Waals surface area contributed by atoms with E-state index in [9.17, 15) is 0 Å². The summed E-state index contributed by atoms with van der Waals surface area (Å²) in [4.78, 5) is 8.92. The monoisotopic (exact) mass is 270 g/mol. The first-order valence-corrected chi connectivity index (χ1v) is 7.06. The van der Waals surface area contributed by atoms with E-state index in [1.807, 2.05) is 25.1 Å². The maximum absolute atomic E-state index is 5.98. The fraction of sp³-hybridized carbons (Fsp3) is 0.375. The lowest BCUT2D eigenvalue weighted by Gasteiger charge is -2.18. The van der Waals surface area contributed by atoms with E-state index in [1.165, 1.54) is 5.56 Å². The van der Waals surface area contributed by atoms with Gasteiger partial charge in [0.05, 0.1) is 0 Å². The summed E-state index contributed by atoms with van der Waals surface area (Å²) in [6.07, 6.45) is 1.86. The van der Waals surface area contributed by atoms with Crippen molar-refractivity contribution in [3.8, 4) is 0 Å². The minimum atomic E-state index is 0.179. The number of rotatable bonds is 5. The van der Waals surface area contributed by atoms with Crippen LogP contribution in [0.15, 0.2) is 30.3 Å². The Labute approximate surface area is 120 Å². The van der Waals surface area contributed by atoms with Gasteiger partial charge in [0.2, 0.25) is 0 Å². The van der Waals surface area contributed by atoms with Crippen LogP contribution in [0, 0.1) is 6.92 Å². The summed E-state index contributed by atoms with van der Waals surface area (Å²) in [5, 5.41) is 3.43. The molecular formula is C16H22N4. The molecule has 1 unspecified atom stereocenters. The van der Waals surface area contributed by atoms with Gasteiger partial charge in [0.1, 0.15) is 17.5 Å². The van der Waals surface area contributed by atoms with Crippen LogP contribution >= 0.6 is 0 Å². The topological polar surface area (TPSA) is 63.8 Å². The minimum Gasteiger partial charge on any atom is -0.383 e. The molecule has 2 rings (SSSR count). The SMILES string of the molecule is CCCc1nc(N)c(C)c(NC(C)c2ccccc2)n1. The van der Waals surface area contributed by atoms with Crippen molar-refractivity contribution in [1.29, 1.82) is 0 Å². The largest absolute Gasteiger partial charge is 0.383 e. The average molecular weight is 270 g/mol. The summed E-state index contributed by atoms with van der Waals surface area (Å²) in [6.45, 7) is 6.18. The summed E-state index contributed by atoms with van der Waals surface area (Å²) in [7, 11) is 0. The van der Waals surface area contributed by atoms with Gasteiger partial charge in [0, 0.05) is 18.0 Å². The van der Waals surface area contributed by atoms with Crippen LogP contribution in [0.1, 0.15) is 43.3 Å². The lowest BCUT2D eigenvalue weighted by atomic mass is 10.1. The Morgan fingerprint density at radius 1 is 1.20 bits per heavy atom. The molecule has 1 aromatic heterocycles. The third kappa shape index (κ3) is 3.26. The molecule has 0 bridgehead atoms. The molecule has 0 spiro atoms. The highest BCUT2D eigenvalue weighted by Gasteiger charge is 2.11. The van der Waals surface area contributed by atoms with E-state index in [0.717, 1.165) is 30.0 Å². The fourth-order valence-corrected chi connectivity index (χ4v) is 2.09. The van der Waals surface area contributed by atoms with Gasteiger partial charge in [0.25, 0.3) is 0 Å². The molecule has 4 heteroatoms. The van der Waals surface area contributed by atoms with Crippen LogP contribution in [-0.2, 0) is 6.42 Å². The second-order valence-corrected chi connectivity index (χ2v) is 5.03. The molecule has 20 heavy (non-hydrogen) atoms. The predicted molar refractivity (Wildman–Crippen MR) is 83.7 cm³/mol. The summed E-state index contributed by atoms with van der Waals surface area (Å²) < 4.78 is 0. The number of aryl methyl sites for hydroxylation is 1. The average Bonchev–Trinajstić information content (AvgIpc) is 2.45. The maximum atomic E-state index is 5.98. The van der Waals surface area contributed by atoms with Gasteiger partial charge in [-0.25, -0.2) is 9.97 Å². The highest BCUT2D eigenvalue weighted by molar-refractivity contribution is 5.55. The highest BCUT2D eigenvalue weighted by Crippen LogP contribution is 2.23. The summed E-state index contributed by atoms with van der Waals surface area (Å²) in [6, 6.07) is 10.5.